The second kappa shape index (κ2) is 2.30. The van der Waals surface area contributed by atoms with Crippen LogP contribution in [0, 0.1) is 5.41 Å². The van der Waals surface area contributed by atoms with Crippen LogP contribution in [0.3, 0.4) is 0 Å². The molecule has 3 atom stereocenters. The monoisotopic (exact) mass is 199 g/mol. The molecule has 1 amide bonds. The lowest BCUT2D eigenvalue weighted by molar-refractivity contribution is -0.130. The van der Waals surface area contributed by atoms with Gasteiger partial charge in [-0.3, -0.25) is 4.79 Å². The van der Waals surface area contributed by atoms with Crippen LogP contribution in [0.25, 0.3) is 0 Å². The van der Waals surface area contributed by atoms with Gasteiger partial charge in [-0.15, -0.1) is 0 Å². The van der Waals surface area contributed by atoms with Crippen LogP contribution in [0.4, 0.5) is 4.39 Å². The number of carbonyl (C=O) groups is 1. The van der Waals surface area contributed by atoms with E-state index < -0.39 is 11.7 Å². The summed E-state index contributed by atoms with van der Waals surface area (Å²) in [5, 5.41) is 9.37. The van der Waals surface area contributed by atoms with Gasteiger partial charge in [-0.05, 0) is 19.3 Å². The standard InChI is InChI=1S/C10H14FNO2/c11-7-3-9(7)4-10(6-13)2-1-8(14)12(10)5-9/h7,13H,1-6H2/t7-,9+,10-/m0/s1. The Bertz CT molecular complexity index is 308. The van der Waals surface area contributed by atoms with Crippen molar-refractivity contribution in [3.63, 3.8) is 0 Å². The lowest BCUT2D eigenvalue weighted by Crippen LogP contribution is -2.43. The molecule has 3 nitrogen and oxygen atoms in total. The zero-order valence-electron chi connectivity index (χ0n) is 8.00. The van der Waals surface area contributed by atoms with E-state index >= 15 is 0 Å². The molecule has 0 radical (unpaired) electrons. The fraction of sp³-hybridized carbons (Fsp3) is 0.900. The van der Waals surface area contributed by atoms with Crippen molar-refractivity contribution in [3.05, 3.63) is 0 Å². The molecule has 0 bridgehead atoms. The summed E-state index contributed by atoms with van der Waals surface area (Å²) in [5.41, 5.74) is -0.684. The van der Waals surface area contributed by atoms with Crippen LogP contribution in [0.1, 0.15) is 25.7 Å². The van der Waals surface area contributed by atoms with E-state index in [9.17, 15) is 14.3 Å². The number of nitrogens with zero attached hydrogens (tertiary/aromatic N) is 1. The minimum Gasteiger partial charge on any atom is -0.394 e. The molecule has 2 saturated heterocycles. The van der Waals surface area contributed by atoms with Crippen LogP contribution in [-0.4, -0.2) is 40.8 Å². The van der Waals surface area contributed by atoms with Gasteiger partial charge in [0.1, 0.15) is 6.17 Å². The third kappa shape index (κ3) is 0.829. The SMILES string of the molecule is O=C1CC[C@@]2(CO)C[C@]3(C[C@@H]3F)CN12. The largest absolute Gasteiger partial charge is 0.394 e. The van der Waals surface area contributed by atoms with Gasteiger partial charge >= 0.3 is 0 Å². The Morgan fingerprint density at radius 1 is 1.64 bits per heavy atom. The molecule has 1 spiro atoms. The lowest BCUT2D eigenvalue weighted by atomic mass is 9.89. The number of amides is 1. The zero-order valence-corrected chi connectivity index (χ0v) is 8.00. The molecule has 0 aromatic rings. The van der Waals surface area contributed by atoms with Gasteiger partial charge in [-0.25, -0.2) is 4.39 Å². The van der Waals surface area contributed by atoms with E-state index in [0.29, 0.717) is 32.2 Å². The summed E-state index contributed by atoms with van der Waals surface area (Å²) in [5.74, 6) is 0.0926. The van der Waals surface area contributed by atoms with Crippen molar-refractivity contribution in [1.82, 2.24) is 4.90 Å². The maximum Gasteiger partial charge on any atom is 0.223 e. The quantitative estimate of drug-likeness (QED) is 0.667. The van der Waals surface area contributed by atoms with E-state index in [1.807, 2.05) is 0 Å². The number of hydrogen-bond acceptors (Lipinski definition) is 2. The Morgan fingerprint density at radius 2 is 2.36 bits per heavy atom. The van der Waals surface area contributed by atoms with Crippen molar-refractivity contribution >= 4 is 5.91 Å². The Hall–Kier alpha value is -0.640. The van der Waals surface area contributed by atoms with Gasteiger partial charge in [0.05, 0.1) is 12.1 Å². The van der Waals surface area contributed by atoms with Gasteiger partial charge in [-0.2, -0.15) is 0 Å². The van der Waals surface area contributed by atoms with Crippen LogP contribution < -0.4 is 0 Å². The van der Waals surface area contributed by atoms with E-state index in [-0.39, 0.29) is 17.9 Å². The molecule has 0 aromatic heterocycles. The first-order valence-electron chi connectivity index (χ1n) is 5.17. The van der Waals surface area contributed by atoms with Crippen LogP contribution >= 0.6 is 0 Å². The third-order valence-electron chi connectivity index (χ3n) is 4.22. The number of rotatable bonds is 1. The van der Waals surface area contributed by atoms with Crippen LogP contribution in [-0.2, 0) is 4.79 Å². The molecular formula is C10H14FNO2. The Morgan fingerprint density at radius 3 is 2.86 bits per heavy atom. The molecule has 3 fully saturated rings. The van der Waals surface area contributed by atoms with E-state index in [4.69, 9.17) is 0 Å². The Labute approximate surface area is 81.9 Å². The van der Waals surface area contributed by atoms with E-state index in [1.165, 1.54) is 0 Å². The molecular weight excluding hydrogens is 185 g/mol. The van der Waals surface area contributed by atoms with Crippen molar-refractivity contribution in [3.8, 4) is 0 Å². The maximum atomic E-state index is 13.2. The first kappa shape index (κ1) is 8.65. The zero-order chi connectivity index (χ0) is 9.97. The van der Waals surface area contributed by atoms with Crippen molar-refractivity contribution in [2.45, 2.75) is 37.4 Å². The minimum absolute atomic E-state index is 0.00674. The van der Waals surface area contributed by atoms with Crippen LogP contribution in [0.2, 0.25) is 0 Å². The summed E-state index contributed by atoms with van der Waals surface area (Å²) in [7, 11) is 0. The van der Waals surface area contributed by atoms with Crippen molar-refractivity contribution in [1.29, 1.82) is 0 Å². The maximum absolute atomic E-state index is 13.2. The van der Waals surface area contributed by atoms with Gasteiger partial charge in [0, 0.05) is 18.4 Å². The van der Waals surface area contributed by atoms with Crippen LogP contribution in [0.5, 0.6) is 0 Å². The molecule has 1 aliphatic carbocycles. The molecule has 14 heavy (non-hydrogen) atoms. The predicted octanol–water partition coefficient (Wildman–Crippen LogP) is 0.472. The molecule has 3 aliphatic rings. The topological polar surface area (TPSA) is 40.5 Å². The second-order valence-corrected chi connectivity index (χ2v) is 5.07. The highest BCUT2D eigenvalue weighted by atomic mass is 19.1. The highest BCUT2D eigenvalue weighted by Crippen LogP contribution is 2.62. The Balaban J connectivity index is 1.92. The molecule has 2 aliphatic heterocycles. The fourth-order valence-electron chi connectivity index (χ4n) is 3.20. The summed E-state index contributed by atoms with van der Waals surface area (Å²) in [6, 6.07) is 0. The summed E-state index contributed by atoms with van der Waals surface area (Å²) >= 11 is 0. The molecule has 1 N–H and O–H groups in total. The van der Waals surface area contributed by atoms with Crippen molar-refractivity contribution in [2.75, 3.05) is 13.2 Å². The van der Waals surface area contributed by atoms with Gasteiger partial charge in [0.25, 0.3) is 0 Å². The van der Waals surface area contributed by atoms with Gasteiger partial charge < -0.3 is 10.0 Å². The predicted molar refractivity (Wildman–Crippen MR) is 47.3 cm³/mol. The highest BCUT2D eigenvalue weighted by molar-refractivity contribution is 5.80. The number of fused-ring (bicyclic) bond motifs is 1. The number of carbonyl (C=O) groups excluding carboxylic acids is 1. The highest BCUT2D eigenvalue weighted by Gasteiger charge is 2.67. The molecule has 0 aromatic carbocycles. The van der Waals surface area contributed by atoms with Gasteiger partial charge in [0.15, 0.2) is 0 Å². The lowest BCUT2D eigenvalue weighted by Gasteiger charge is -2.29. The number of aliphatic hydroxyl groups excluding tert-OH is 1. The molecule has 2 heterocycles. The third-order valence-corrected chi connectivity index (χ3v) is 4.22. The Kier molecular flexibility index (Phi) is 1.42. The average Bonchev–Trinajstić information content (AvgIpc) is 2.55. The number of alkyl halides is 1. The normalized spacial score (nSPS) is 50.3. The molecule has 0 unspecified atom stereocenters. The van der Waals surface area contributed by atoms with E-state index in [1.54, 1.807) is 4.90 Å². The molecule has 78 valence electrons. The number of halogens is 1. The van der Waals surface area contributed by atoms with E-state index in [2.05, 4.69) is 0 Å². The summed E-state index contributed by atoms with van der Waals surface area (Å²) < 4.78 is 13.2. The first-order valence-corrected chi connectivity index (χ1v) is 5.17. The average molecular weight is 199 g/mol. The van der Waals surface area contributed by atoms with Crippen molar-refractivity contribution in [2.24, 2.45) is 5.41 Å². The fourth-order valence-corrected chi connectivity index (χ4v) is 3.20. The molecule has 1 saturated carbocycles. The van der Waals surface area contributed by atoms with Crippen LogP contribution in [0.15, 0.2) is 0 Å². The van der Waals surface area contributed by atoms with Gasteiger partial charge in [-0.1, -0.05) is 0 Å². The molecule has 4 heteroatoms. The first-order chi connectivity index (χ1) is 6.62. The minimum atomic E-state index is -0.746. The smallest absolute Gasteiger partial charge is 0.223 e. The number of aliphatic hydroxyl groups is 1. The summed E-state index contributed by atoms with van der Waals surface area (Å²) in [4.78, 5) is 13.3. The summed E-state index contributed by atoms with van der Waals surface area (Å²) in [6.45, 7) is 0.529. The number of hydrogen-bond donors (Lipinski definition) is 1. The second-order valence-electron chi connectivity index (χ2n) is 5.07. The van der Waals surface area contributed by atoms with Gasteiger partial charge in [0.2, 0.25) is 5.91 Å². The van der Waals surface area contributed by atoms with E-state index in [0.717, 1.165) is 0 Å². The summed E-state index contributed by atoms with van der Waals surface area (Å²) in [6.07, 6.45) is 1.73. The van der Waals surface area contributed by atoms with Crippen molar-refractivity contribution < 1.29 is 14.3 Å². The molecule has 3 rings (SSSR count).